The van der Waals surface area contributed by atoms with E-state index in [0.717, 1.165) is 28.1 Å². The van der Waals surface area contributed by atoms with Gasteiger partial charge in [0.15, 0.2) is 0 Å². The van der Waals surface area contributed by atoms with Crippen LogP contribution in [0.3, 0.4) is 0 Å². The van der Waals surface area contributed by atoms with Gasteiger partial charge in [-0.1, -0.05) is 12.1 Å². The summed E-state index contributed by atoms with van der Waals surface area (Å²) >= 11 is 0. The Morgan fingerprint density at radius 2 is 1.97 bits per heavy atom. The van der Waals surface area contributed by atoms with Gasteiger partial charge in [-0.05, 0) is 61.1 Å². The number of aliphatic hydroxyl groups is 2. The molecular weight excluding hydrogens is 390 g/mol. The van der Waals surface area contributed by atoms with Gasteiger partial charge in [0.1, 0.15) is 5.60 Å². The second-order valence-electron chi connectivity index (χ2n) is 8.03. The van der Waals surface area contributed by atoms with Crippen LogP contribution in [0.15, 0.2) is 36.5 Å². The molecule has 2 aliphatic rings. The van der Waals surface area contributed by atoms with Crippen molar-refractivity contribution in [3.8, 4) is 0 Å². The number of nitrogens with zero attached hydrogens (tertiary/aromatic N) is 2. The summed E-state index contributed by atoms with van der Waals surface area (Å²) in [6.07, 6.45) is 3.56. The van der Waals surface area contributed by atoms with E-state index in [2.05, 4.69) is 15.2 Å². The number of amides is 1. The Labute approximate surface area is 177 Å². The number of hydrogen-bond donors (Lipinski definition) is 3. The standard InChI is InChI=1S/C22H27N3O3.ClH/c1-15-6-9-23-20(12-15)22(28)7-10-25(11-8-22)14-19(26)17-2-4-18-16(13-17)3-5-21(27)24-18;/h2,4,6,9,12-13,19,26,28H,3,5,7-8,10-11,14H2,1H3,(H,24,27);1H. The molecule has 0 bridgehead atoms. The molecule has 2 aromatic rings. The minimum absolute atomic E-state index is 0. The molecule has 2 aliphatic heterocycles. The van der Waals surface area contributed by atoms with Crippen LogP contribution in [0.5, 0.6) is 0 Å². The Balaban J connectivity index is 0.00000240. The second-order valence-corrected chi connectivity index (χ2v) is 8.03. The number of pyridine rings is 1. The fraction of sp³-hybridized carbons (Fsp3) is 0.455. The third-order valence-electron chi connectivity index (χ3n) is 5.92. The van der Waals surface area contributed by atoms with E-state index in [1.54, 1.807) is 6.20 Å². The molecule has 4 rings (SSSR count). The highest BCUT2D eigenvalue weighted by atomic mass is 35.5. The summed E-state index contributed by atoms with van der Waals surface area (Å²) < 4.78 is 0. The Hall–Kier alpha value is -1.99. The average Bonchev–Trinajstić information content (AvgIpc) is 2.69. The second kappa shape index (κ2) is 8.79. The molecule has 1 atom stereocenters. The van der Waals surface area contributed by atoms with Crippen molar-refractivity contribution in [2.75, 3.05) is 25.0 Å². The lowest BCUT2D eigenvalue weighted by Crippen LogP contribution is -2.44. The summed E-state index contributed by atoms with van der Waals surface area (Å²) in [7, 11) is 0. The zero-order valence-corrected chi connectivity index (χ0v) is 17.4. The van der Waals surface area contributed by atoms with E-state index in [0.29, 0.717) is 45.3 Å². The molecule has 3 heterocycles. The molecule has 1 unspecified atom stereocenters. The first-order valence-electron chi connectivity index (χ1n) is 9.91. The maximum Gasteiger partial charge on any atom is 0.224 e. The molecule has 0 radical (unpaired) electrons. The summed E-state index contributed by atoms with van der Waals surface area (Å²) in [6.45, 7) is 3.96. The van der Waals surface area contributed by atoms with E-state index in [1.807, 2.05) is 37.3 Å². The van der Waals surface area contributed by atoms with Crippen molar-refractivity contribution >= 4 is 24.0 Å². The van der Waals surface area contributed by atoms with Gasteiger partial charge in [-0.3, -0.25) is 9.78 Å². The Kier molecular flexibility index (Phi) is 6.58. The number of aromatic nitrogens is 1. The number of carbonyl (C=O) groups is 1. The van der Waals surface area contributed by atoms with E-state index < -0.39 is 11.7 Å². The summed E-state index contributed by atoms with van der Waals surface area (Å²) in [5.41, 5.74) is 3.74. The number of aryl methyl sites for hydroxylation is 2. The molecule has 7 heteroatoms. The predicted octanol–water partition coefficient (Wildman–Crippen LogP) is 2.71. The zero-order chi connectivity index (χ0) is 19.7. The van der Waals surface area contributed by atoms with E-state index in [9.17, 15) is 15.0 Å². The van der Waals surface area contributed by atoms with E-state index in [1.165, 1.54) is 0 Å². The van der Waals surface area contributed by atoms with Crippen molar-refractivity contribution in [3.63, 3.8) is 0 Å². The van der Waals surface area contributed by atoms with Crippen molar-refractivity contribution in [1.82, 2.24) is 9.88 Å². The largest absolute Gasteiger partial charge is 0.387 e. The van der Waals surface area contributed by atoms with Crippen molar-refractivity contribution in [1.29, 1.82) is 0 Å². The molecule has 1 amide bonds. The number of aliphatic hydroxyl groups excluding tert-OH is 1. The molecule has 156 valence electrons. The number of hydrogen-bond acceptors (Lipinski definition) is 5. The monoisotopic (exact) mass is 417 g/mol. The Morgan fingerprint density at radius 1 is 1.21 bits per heavy atom. The fourth-order valence-electron chi connectivity index (χ4n) is 4.11. The Morgan fingerprint density at radius 3 is 2.69 bits per heavy atom. The summed E-state index contributed by atoms with van der Waals surface area (Å²) in [6, 6.07) is 9.64. The molecular formula is C22H28ClN3O3. The van der Waals surface area contributed by atoms with Gasteiger partial charge < -0.3 is 20.4 Å². The fourth-order valence-corrected chi connectivity index (χ4v) is 4.11. The zero-order valence-electron chi connectivity index (χ0n) is 16.6. The van der Waals surface area contributed by atoms with Crippen molar-refractivity contribution in [3.05, 3.63) is 58.9 Å². The molecule has 0 spiro atoms. The first-order valence-corrected chi connectivity index (χ1v) is 9.91. The highest BCUT2D eigenvalue weighted by Gasteiger charge is 2.35. The molecule has 1 aromatic heterocycles. The number of benzene rings is 1. The maximum atomic E-state index is 11.5. The van der Waals surface area contributed by atoms with Gasteiger partial charge in [-0.2, -0.15) is 0 Å². The van der Waals surface area contributed by atoms with Crippen LogP contribution in [0.4, 0.5) is 5.69 Å². The van der Waals surface area contributed by atoms with Crippen LogP contribution in [0.25, 0.3) is 0 Å². The molecule has 6 nitrogen and oxygen atoms in total. The SMILES string of the molecule is Cc1ccnc(C2(O)CCN(CC(O)c3ccc4c(c3)CCC(=O)N4)CC2)c1.Cl. The van der Waals surface area contributed by atoms with Crippen molar-refractivity contribution < 1.29 is 15.0 Å². The van der Waals surface area contributed by atoms with Crippen LogP contribution >= 0.6 is 12.4 Å². The molecule has 0 saturated carbocycles. The normalized spacial score (nSPS) is 19.6. The smallest absolute Gasteiger partial charge is 0.224 e. The minimum Gasteiger partial charge on any atom is -0.387 e. The van der Waals surface area contributed by atoms with E-state index in [-0.39, 0.29) is 18.3 Å². The number of nitrogens with one attached hydrogen (secondary N) is 1. The van der Waals surface area contributed by atoms with Crippen LogP contribution < -0.4 is 5.32 Å². The van der Waals surface area contributed by atoms with Crippen LogP contribution in [0.2, 0.25) is 0 Å². The number of piperidine rings is 1. The van der Waals surface area contributed by atoms with Gasteiger partial charge in [0, 0.05) is 37.9 Å². The third kappa shape index (κ3) is 4.78. The van der Waals surface area contributed by atoms with Gasteiger partial charge in [-0.15, -0.1) is 12.4 Å². The number of rotatable bonds is 4. The molecule has 3 N–H and O–H groups in total. The van der Waals surface area contributed by atoms with E-state index in [4.69, 9.17) is 0 Å². The van der Waals surface area contributed by atoms with E-state index >= 15 is 0 Å². The average molecular weight is 418 g/mol. The number of anilines is 1. The maximum absolute atomic E-state index is 11.5. The van der Waals surface area contributed by atoms with Gasteiger partial charge in [-0.25, -0.2) is 0 Å². The highest BCUT2D eigenvalue weighted by Crippen LogP contribution is 2.33. The highest BCUT2D eigenvalue weighted by molar-refractivity contribution is 5.93. The number of likely N-dealkylation sites (tertiary alicyclic amines) is 1. The van der Waals surface area contributed by atoms with Crippen LogP contribution in [-0.2, 0) is 16.8 Å². The number of fused-ring (bicyclic) bond motifs is 1. The van der Waals surface area contributed by atoms with Gasteiger partial charge in [0.05, 0.1) is 11.8 Å². The number of halogens is 1. The summed E-state index contributed by atoms with van der Waals surface area (Å²) in [5, 5.41) is 24.6. The van der Waals surface area contributed by atoms with Gasteiger partial charge in [0.2, 0.25) is 5.91 Å². The van der Waals surface area contributed by atoms with Gasteiger partial charge in [0.25, 0.3) is 0 Å². The first kappa shape index (κ1) is 21.7. The summed E-state index contributed by atoms with van der Waals surface area (Å²) in [5.74, 6) is 0.0460. The molecule has 1 saturated heterocycles. The Bertz CT molecular complexity index is 881. The van der Waals surface area contributed by atoms with Crippen LogP contribution in [0, 0.1) is 6.92 Å². The van der Waals surface area contributed by atoms with Crippen molar-refractivity contribution in [2.24, 2.45) is 0 Å². The minimum atomic E-state index is -0.891. The number of β-amino-alcohol motifs (C(OH)–C–C–N with tert-alkyl or cyclic N) is 1. The van der Waals surface area contributed by atoms with Crippen LogP contribution in [0.1, 0.15) is 47.8 Å². The first-order chi connectivity index (χ1) is 13.4. The van der Waals surface area contributed by atoms with Gasteiger partial charge >= 0.3 is 0 Å². The van der Waals surface area contributed by atoms with Crippen molar-refractivity contribution in [2.45, 2.75) is 44.3 Å². The topological polar surface area (TPSA) is 85.7 Å². The lowest BCUT2D eigenvalue weighted by atomic mass is 9.87. The molecule has 0 aliphatic carbocycles. The van der Waals surface area contributed by atoms with Crippen LogP contribution in [-0.4, -0.2) is 45.6 Å². The quantitative estimate of drug-likeness (QED) is 0.712. The lowest BCUT2D eigenvalue weighted by molar-refractivity contribution is -0.116. The molecule has 1 aromatic carbocycles. The molecule has 29 heavy (non-hydrogen) atoms. The summed E-state index contributed by atoms with van der Waals surface area (Å²) in [4.78, 5) is 18.0. The number of carbonyl (C=O) groups excluding carboxylic acids is 1. The lowest BCUT2D eigenvalue weighted by Gasteiger charge is -2.38. The molecule has 1 fully saturated rings. The third-order valence-corrected chi connectivity index (χ3v) is 5.92. The predicted molar refractivity (Wildman–Crippen MR) is 114 cm³/mol.